The summed E-state index contributed by atoms with van der Waals surface area (Å²) in [6, 6.07) is 8.55. The Morgan fingerprint density at radius 3 is 3.07 bits per heavy atom. The molecule has 3 rings (SSSR count). The molecule has 3 nitrogen and oxygen atoms in total. The van der Waals surface area contributed by atoms with E-state index in [1.807, 2.05) is 6.20 Å². The molecule has 15 heavy (non-hydrogen) atoms. The van der Waals surface area contributed by atoms with Crippen LogP contribution in [0.25, 0.3) is 0 Å². The summed E-state index contributed by atoms with van der Waals surface area (Å²) in [5.74, 6) is 0.946. The molecule has 0 fully saturated rings. The van der Waals surface area contributed by atoms with Crippen LogP contribution in [0.4, 0.5) is 11.6 Å². The van der Waals surface area contributed by atoms with Crippen LogP contribution < -0.4 is 4.90 Å². The van der Waals surface area contributed by atoms with Gasteiger partial charge in [0.25, 0.3) is 0 Å². The fraction of sp³-hybridized carbons (Fsp3) is 0.250. The van der Waals surface area contributed by atoms with Crippen molar-refractivity contribution < 1.29 is 0 Å². The van der Waals surface area contributed by atoms with Crippen molar-refractivity contribution >= 4 is 11.6 Å². The highest BCUT2D eigenvalue weighted by Crippen LogP contribution is 2.30. The summed E-state index contributed by atoms with van der Waals surface area (Å²) < 4.78 is 0. The minimum absolute atomic E-state index is 0.946. The Hall–Kier alpha value is -1.77. The number of rotatable bonds is 1. The Bertz CT molecular complexity index is 448. The Labute approximate surface area is 88.8 Å². The van der Waals surface area contributed by atoms with Crippen LogP contribution in [0.5, 0.6) is 0 Å². The highest BCUT2D eigenvalue weighted by Gasteiger charge is 2.18. The van der Waals surface area contributed by atoms with Crippen molar-refractivity contribution in [3.8, 4) is 0 Å². The number of aromatic amines is 1. The van der Waals surface area contributed by atoms with E-state index in [1.165, 1.54) is 24.1 Å². The van der Waals surface area contributed by atoms with E-state index in [4.69, 9.17) is 0 Å². The van der Waals surface area contributed by atoms with E-state index in [-0.39, 0.29) is 0 Å². The van der Waals surface area contributed by atoms with Gasteiger partial charge >= 0.3 is 0 Å². The van der Waals surface area contributed by atoms with Gasteiger partial charge in [0.1, 0.15) is 0 Å². The molecular formula is C12H13N3. The Morgan fingerprint density at radius 2 is 2.20 bits per heavy atom. The standard InChI is InChI=1S/C12H13N3/c1-2-6-11-10(4-1)5-3-9-15(11)12-13-7-8-14-12/h1-2,4,6-8H,3,5,9H2,(H,13,14). The van der Waals surface area contributed by atoms with Gasteiger partial charge in [0.05, 0.1) is 0 Å². The number of para-hydroxylation sites is 1. The van der Waals surface area contributed by atoms with Crippen LogP contribution in [0.1, 0.15) is 12.0 Å². The summed E-state index contributed by atoms with van der Waals surface area (Å²) in [5, 5.41) is 0. The highest BCUT2D eigenvalue weighted by molar-refractivity contribution is 5.63. The number of nitrogens with one attached hydrogen (secondary N) is 1. The number of fused-ring (bicyclic) bond motifs is 1. The van der Waals surface area contributed by atoms with Crippen molar-refractivity contribution in [2.24, 2.45) is 0 Å². The van der Waals surface area contributed by atoms with Crippen molar-refractivity contribution in [2.75, 3.05) is 11.4 Å². The van der Waals surface area contributed by atoms with Crippen LogP contribution in [0.2, 0.25) is 0 Å². The molecule has 0 spiro atoms. The third-order valence-corrected chi connectivity index (χ3v) is 2.85. The average Bonchev–Trinajstić information content (AvgIpc) is 2.82. The predicted molar refractivity (Wildman–Crippen MR) is 60.4 cm³/mol. The summed E-state index contributed by atoms with van der Waals surface area (Å²) in [7, 11) is 0. The third-order valence-electron chi connectivity index (χ3n) is 2.85. The van der Waals surface area contributed by atoms with Crippen LogP contribution in [-0.2, 0) is 6.42 Å². The Morgan fingerprint density at radius 1 is 1.27 bits per heavy atom. The maximum absolute atomic E-state index is 4.31. The minimum Gasteiger partial charge on any atom is -0.331 e. The third kappa shape index (κ3) is 1.40. The maximum Gasteiger partial charge on any atom is 0.207 e. The fourth-order valence-corrected chi connectivity index (χ4v) is 2.16. The molecule has 1 aliphatic rings. The van der Waals surface area contributed by atoms with Gasteiger partial charge in [-0.15, -0.1) is 0 Å². The lowest BCUT2D eigenvalue weighted by Crippen LogP contribution is -2.25. The largest absolute Gasteiger partial charge is 0.331 e. The minimum atomic E-state index is 0.946. The van der Waals surface area contributed by atoms with Gasteiger partial charge in [0, 0.05) is 24.6 Å². The van der Waals surface area contributed by atoms with Crippen LogP contribution in [-0.4, -0.2) is 16.5 Å². The number of H-pyrrole nitrogens is 1. The number of aromatic nitrogens is 2. The van der Waals surface area contributed by atoms with E-state index in [0.717, 1.165) is 12.5 Å². The summed E-state index contributed by atoms with van der Waals surface area (Å²) >= 11 is 0. The zero-order chi connectivity index (χ0) is 10.1. The molecule has 0 saturated carbocycles. The first-order valence-electron chi connectivity index (χ1n) is 5.30. The van der Waals surface area contributed by atoms with Gasteiger partial charge in [-0.3, -0.25) is 0 Å². The van der Waals surface area contributed by atoms with Crippen molar-refractivity contribution in [3.05, 3.63) is 42.2 Å². The van der Waals surface area contributed by atoms with Gasteiger partial charge in [-0.05, 0) is 24.5 Å². The highest BCUT2D eigenvalue weighted by atomic mass is 15.3. The quantitative estimate of drug-likeness (QED) is 0.765. The average molecular weight is 199 g/mol. The molecule has 0 unspecified atom stereocenters. The van der Waals surface area contributed by atoms with Crippen molar-refractivity contribution in [3.63, 3.8) is 0 Å². The molecule has 1 N–H and O–H groups in total. The maximum atomic E-state index is 4.31. The monoisotopic (exact) mass is 199 g/mol. The first kappa shape index (κ1) is 8.53. The second-order valence-corrected chi connectivity index (χ2v) is 3.80. The van der Waals surface area contributed by atoms with Gasteiger partial charge < -0.3 is 9.88 Å². The van der Waals surface area contributed by atoms with Gasteiger partial charge in [0.2, 0.25) is 5.95 Å². The van der Waals surface area contributed by atoms with Gasteiger partial charge in [-0.25, -0.2) is 4.98 Å². The number of nitrogens with zero attached hydrogens (tertiary/aromatic N) is 2. The first-order valence-corrected chi connectivity index (χ1v) is 5.30. The zero-order valence-corrected chi connectivity index (χ0v) is 8.48. The molecule has 1 aromatic carbocycles. The molecule has 1 aromatic heterocycles. The summed E-state index contributed by atoms with van der Waals surface area (Å²) in [5.41, 5.74) is 2.71. The van der Waals surface area contributed by atoms with Crippen molar-refractivity contribution in [2.45, 2.75) is 12.8 Å². The second-order valence-electron chi connectivity index (χ2n) is 3.80. The lowest BCUT2D eigenvalue weighted by atomic mass is 10.0. The van der Waals surface area contributed by atoms with E-state index in [2.05, 4.69) is 39.1 Å². The molecule has 0 amide bonds. The van der Waals surface area contributed by atoms with E-state index in [1.54, 1.807) is 6.20 Å². The van der Waals surface area contributed by atoms with Crippen LogP contribution >= 0.6 is 0 Å². The normalized spacial score (nSPS) is 15.1. The van der Waals surface area contributed by atoms with Gasteiger partial charge in [-0.1, -0.05) is 18.2 Å². The second kappa shape index (κ2) is 3.42. The molecule has 0 bridgehead atoms. The molecule has 2 aromatic rings. The van der Waals surface area contributed by atoms with Gasteiger partial charge in [-0.2, -0.15) is 0 Å². The van der Waals surface area contributed by atoms with Gasteiger partial charge in [0.15, 0.2) is 0 Å². The van der Waals surface area contributed by atoms with E-state index < -0.39 is 0 Å². The first-order chi connectivity index (χ1) is 7.45. The smallest absolute Gasteiger partial charge is 0.207 e. The fourth-order valence-electron chi connectivity index (χ4n) is 2.16. The molecule has 2 heterocycles. The van der Waals surface area contributed by atoms with E-state index in [0.29, 0.717) is 0 Å². The summed E-state index contributed by atoms with van der Waals surface area (Å²) in [6.07, 6.45) is 6.03. The summed E-state index contributed by atoms with van der Waals surface area (Å²) in [6.45, 7) is 1.05. The number of imidazole rings is 1. The number of hydrogen-bond acceptors (Lipinski definition) is 2. The molecule has 3 heteroatoms. The van der Waals surface area contributed by atoms with Crippen LogP contribution in [0.3, 0.4) is 0 Å². The number of hydrogen-bond donors (Lipinski definition) is 1. The summed E-state index contributed by atoms with van der Waals surface area (Å²) in [4.78, 5) is 9.72. The predicted octanol–water partition coefficient (Wildman–Crippen LogP) is 2.49. The molecule has 0 aliphatic carbocycles. The van der Waals surface area contributed by atoms with E-state index >= 15 is 0 Å². The lowest BCUT2D eigenvalue weighted by Gasteiger charge is -2.28. The molecule has 0 saturated heterocycles. The SMILES string of the molecule is c1ccc2c(c1)CCCN2c1ncc[nH]1. The molecular weight excluding hydrogens is 186 g/mol. The number of aryl methyl sites for hydroxylation is 1. The molecule has 0 radical (unpaired) electrons. The van der Waals surface area contributed by atoms with Crippen LogP contribution in [0.15, 0.2) is 36.7 Å². The zero-order valence-electron chi connectivity index (χ0n) is 8.48. The van der Waals surface area contributed by atoms with Crippen molar-refractivity contribution in [1.29, 1.82) is 0 Å². The Kier molecular flexibility index (Phi) is 1.95. The molecule has 76 valence electrons. The Balaban J connectivity index is 2.06. The topological polar surface area (TPSA) is 31.9 Å². The van der Waals surface area contributed by atoms with Crippen molar-refractivity contribution in [1.82, 2.24) is 9.97 Å². The number of benzene rings is 1. The lowest BCUT2D eigenvalue weighted by molar-refractivity contribution is 0.754. The molecule has 0 atom stereocenters. The van der Waals surface area contributed by atoms with Crippen LogP contribution in [0, 0.1) is 0 Å². The number of anilines is 2. The van der Waals surface area contributed by atoms with E-state index in [9.17, 15) is 0 Å². The molecule has 1 aliphatic heterocycles.